The summed E-state index contributed by atoms with van der Waals surface area (Å²) in [7, 11) is 0. The van der Waals surface area contributed by atoms with Crippen molar-refractivity contribution in [3.63, 3.8) is 0 Å². The molecular weight excluding hydrogens is 292 g/mol. The molecule has 98 valence electrons. The van der Waals surface area contributed by atoms with Crippen LogP contribution < -0.4 is 0 Å². The van der Waals surface area contributed by atoms with Crippen LogP contribution in [-0.2, 0) is 0 Å². The highest BCUT2D eigenvalue weighted by molar-refractivity contribution is 8.04. The van der Waals surface area contributed by atoms with Crippen LogP contribution in [0.5, 0.6) is 0 Å². The minimum absolute atomic E-state index is 0.134. The molecule has 0 saturated heterocycles. The van der Waals surface area contributed by atoms with Crippen molar-refractivity contribution in [3.05, 3.63) is 75.7 Å². The Kier molecular flexibility index (Phi) is 3.47. The fourth-order valence-corrected chi connectivity index (χ4v) is 3.09. The van der Waals surface area contributed by atoms with Gasteiger partial charge in [-0.1, -0.05) is 41.6 Å². The quantitative estimate of drug-likeness (QED) is 0.824. The second-order valence-electron chi connectivity index (χ2n) is 4.31. The number of carbonyl (C=O) groups is 2. The van der Waals surface area contributed by atoms with Crippen LogP contribution >= 0.6 is 23.4 Å². The van der Waals surface area contributed by atoms with Crippen LogP contribution in [0.1, 0.15) is 20.7 Å². The molecule has 0 heterocycles. The first-order chi connectivity index (χ1) is 9.65. The van der Waals surface area contributed by atoms with Crippen LogP contribution in [0.3, 0.4) is 0 Å². The van der Waals surface area contributed by atoms with E-state index in [2.05, 4.69) is 0 Å². The molecule has 0 amide bonds. The van der Waals surface area contributed by atoms with Crippen molar-refractivity contribution in [3.8, 4) is 0 Å². The van der Waals surface area contributed by atoms with Crippen LogP contribution in [-0.4, -0.2) is 11.6 Å². The van der Waals surface area contributed by atoms with Crippen LogP contribution in [0, 0.1) is 0 Å². The number of benzene rings is 2. The summed E-state index contributed by atoms with van der Waals surface area (Å²) in [6.07, 6.45) is 1.39. The number of hydrogen-bond acceptors (Lipinski definition) is 3. The molecule has 2 aromatic rings. The van der Waals surface area contributed by atoms with Gasteiger partial charge in [-0.3, -0.25) is 9.59 Å². The summed E-state index contributed by atoms with van der Waals surface area (Å²) in [5, 5.41) is 0.456. The van der Waals surface area contributed by atoms with Crippen LogP contribution in [0.25, 0.3) is 0 Å². The molecule has 0 saturated carbocycles. The Morgan fingerprint density at radius 3 is 2.40 bits per heavy atom. The van der Waals surface area contributed by atoms with Gasteiger partial charge in [-0.2, -0.15) is 0 Å². The molecule has 3 rings (SSSR count). The Morgan fingerprint density at radius 2 is 1.65 bits per heavy atom. The van der Waals surface area contributed by atoms with Crippen LogP contribution in [0.2, 0.25) is 5.02 Å². The van der Waals surface area contributed by atoms with Gasteiger partial charge in [-0.05, 0) is 30.3 Å². The van der Waals surface area contributed by atoms with Crippen molar-refractivity contribution in [2.45, 2.75) is 4.90 Å². The Hall–Kier alpha value is -1.84. The lowest BCUT2D eigenvalue weighted by Gasteiger charge is -2.14. The number of hydrogen-bond donors (Lipinski definition) is 0. The summed E-state index contributed by atoms with van der Waals surface area (Å²) in [5.74, 6) is -0.314. The van der Waals surface area contributed by atoms with Gasteiger partial charge in [0.05, 0.1) is 4.91 Å². The van der Waals surface area contributed by atoms with E-state index in [9.17, 15) is 9.59 Å². The zero-order valence-electron chi connectivity index (χ0n) is 10.3. The van der Waals surface area contributed by atoms with E-state index in [4.69, 9.17) is 11.6 Å². The third kappa shape index (κ3) is 2.42. The molecule has 0 unspecified atom stereocenters. The normalized spacial score (nSPS) is 13.9. The van der Waals surface area contributed by atoms with Crippen molar-refractivity contribution in [1.29, 1.82) is 0 Å². The number of halogens is 1. The van der Waals surface area contributed by atoms with Gasteiger partial charge in [0.25, 0.3) is 0 Å². The van der Waals surface area contributed by atoms with E-state index in [1.807, 2.05) is 30.3 Å². The van der Waals surface area contributed by atoms with E-state index in [0.717, 1.165) is 4.90 Å². The second kappa shape index (κ2) is 5.27. The largest absolute Gasteiger partial charge is 0.289 e. The van der Waals surface area contributed by atoms with Crippen molar-refractivity contribution in [2.24, 2.45) is 0 Å². The molecule has 0 atom stereocenters. The number of ketones is 2. The van der Waals surface area contributed by atoms with Crippen LogP contribution in [0.15, 0.2) is 64.4 Å². The number of rotatable bonds is 2. The van der Waals surface area contributed by atoms with E-state index in [1.165, 1.54) is 23.9 Å². The molecule has 1 aliphatic rings. The molecule has 0 N–H and O–H groups in total. The molecular formula is C16H9ClO2S. The first kappa shape index (κ1) is 13.2. The average Bonchev–Trinajstić information content (AvgIpc) is 2.45. The first-order valence-corrected chi connectivity index (χ1v) is 7.18. The molecule has 2 nitrogen and oxygen atoms in total. The fraction of sp³-hybridized carbons (Fsp3) is 0. The van der Waals surface area contributed by atoms with Gasteiger partial charge in [0.2, 0.25) is 5.78 Å². The lowest BCUT2D eigenvalue weighted by molar-refractivity contribution is 0.0991. The molecule has 4 heteroatoms. The number of carbonyl (C=O) groups excluding carboxylic acids is 2. The highest BCUT2D eigenvalue weighted by atomic mass is 35.5. The predicted octanol–water partition coefficient (Wildman–Crippen LogP) is 4.40. The topological polar surface area (TPSA) is 34.1 Å². The summed E-state index contributed by atoms with van der Waals surface area (Å²) in [5.41, 5.74) is 0.792. The summed E-state index contributed by atoms with van der Waals surface area (Å²) < 4.78 is 0. The minimum Gasteiger partial charge on any atom is -0.289 e. The minimum atomic E-state index is -0.180. The van der Waals surface area contributed by atoms with Gasteiger partial charge >= 0.3 is 0 Å². The molecule has 0 aliphatic heterocycles. The Morgan fingerprint density at radius 1 is 0.900 bits per heavy atom. The predicted molar refractivity (Wildman–Crippen MR) is 80.5 cm³/mol. The number of fused-ring (bicyclic) bond motifs is 1. The fourth-order valence-electron chi connectivity index (χ4n) is 2.00. The summed E-state index contributed by atoms with van der Waals surface area (Å²) in [6.45, 7) is 0. The summed E-state index contributed by atoms with van der Waals surface area (Å²) >= 11 is 7.17. The zero-order chi connectivity index (χ0) is 14.1. The molecule has 0 radical (unpaired) electrons. The van der Waals surface area contributed by atoms with Gasteiger partial charge in [-0.25, -0.2) is 0 Å². The van der Waals surface area contributed by atoms with E-state index in [1.54, 1.807) is 12.1 Å². The van der Waals surface area contributed by atoms with Gasteiger partial charge in [0.1, 0.15) is 0 Å². The van der Waals surface area contributed by atoms with E-state index in [-0.39, 0.29) is 11.6 Å². The lowest BCUT2D eigenvalue weighted by atomic mass is 9.95. The van der Waals surface area contributed by atoms with E-state index < -0.39 is 0 Å². The lowest BCUT2D eigenvalue weighted by Crippen LogP contribution is -2.15. The zero-order valence-corrected chi connectivity index (χ0v) is 11.9. The maximum Gasteiger partial charge on any atom is 0.200 e. The Labute approximate surface area is 125 Å². The van der Waals surface area contributed by atoms with Crippen molar-refractivity contribution < 1.29 is 9.59 Å². The van der Waals surface area contributed by atoms with E-state index >= 15 is 0 Å². The molecule has 2 aromatic carbocycles. The van der Waals surface area contributed by atoms with Gasteiger partial charge in [0.15, 0.2) is 5.78 Å². The average molecular weight is 301 g/mol. The second-order valence-corrected chi connectivity index (χ2v) is 5.86. The summed E-state index contributed by atoms with van der Waals surface area (Å²) in [6, 6.07) is 14.3. The smallest absolute Gasteiger partial charge is 0.200 e. The van der Waals surface area contributed by atoms with Gasteiger partial charge < -0.3 is 0 Å². The van der Waals surface area contributed by atoms with Crippen molar-refractivity contribution in [2.75, 3.05) is 0 Å². The first-order valence-electron chi connectivity index (χ1n) is 5.98. The third-order valence-corrected chi connectivity index (χ3v) is 4.21. The third-order valence-electron chi connectivity index (χ3n) is 2.95. The van der Waals surface area contributed by atoms with Gasteiger partial charge in [-0.15, -0.1) is 0 Å². The molecule has 0 fully saturated rings. The molecule has 0 bridgehead atoms. The molecule has 0 spiro atoms. The molecule has 1 aliphatic carbocycles. The molecule has 20 heavy (non-hydrogen) atoms. The number of Topliss-reactive ketones (excluding diaryl/α,β-unsaturated/α-hetero) is 1. The number of thioether (sulfide) groups is 1. The Balaban J connectivity index is 1.98. The highest BCUT2D eigenvalue weighted by Gasteiger charge is 2.26. The van der Waals surface area contributed by atoms with Crippen molar-refractivity contribution in [1.82, 2.24) is 0 Å². The maximum atomic E-state index is 12.4. The maximum absolute atomic E-state index is 12.4. The molecule has 0 aromatic heterocycles. The van der Waals surface area contributed by atoms with Crippen molar-refractivity contribution >= 4 is 34.9 Å². The van der Waals surface area contributed by atoms with E-state index in [0.29, 0.717) is 21.1 Å². The standard InChI is InChI=1S/C16H9ClO2S/c17-10-6-7-12-13(8-10)14(18)9-15(16(12)19)20-11-4-2-1-3-5-11/h1-9H. The monoisotopic (exact) mass is 300 g/mol. The van der Waals surface area contributed by atoms with Gasteiger partial charge in [0, 0.05) is 27.1 Å². The SMILES string of the molecule is O=C1C=C(Sc2ccccc2)C(=O)c2ccc(Cl)cc21. The van der Waals surface area contributed by atoms with Crippen LogP contribution in [0.4, 0.5) is 0 Å². The summed E-state index contributed by atoms with van der Waals surface area (Å²) in [4.78, 5) is 25.8. The number of allylic oxidation sites excluding steroid dienone is 2. The highest BCUT2D eigenvalue weighted by Crippen LogP contribution is 2.33. The Bertz CT molecular complexity index is 735.